The molecule has 0 unspecified atom stereocenters. The lowest BCUT2D eigenvalue weighted by molar-refractivity contribution is -0.144. The predicted molar refractivity (Wildman–Crippen MR) is 113 cm³/mol. The zero-order valence-electron chi connectivity index (χ0n) is 16.6. The van der Waals surface area contributed by atoms with E-state index in [-0.39, 0.29) is 11.6 Å². The van der Waals surface area contributed by atoms with E-state index in [0.29, 0.717) is 16.5 Å². The molecule has 2 rings (SSSR count). The molecule has 6 heteroatoms. The van der Waals surface area contributed by atoms with Crippen molar-refractivity contribution >= 4 is 29.6 Å². The van der Waals surface area contributed by atoms with Crippen LogP contribution in [-0.2, 0) is 14.3 Å². The van der Waals surface area contributed by atoms with Crippen molar-refractivity contribution in [3.8, 4) is 6.07 Å². The Morgan fingerprint density at radius 3 is 2.38 bits per heavy atom. The average molecular weight is 411 g/mol. The quantitative estimate of drug-likeness (QED) is 0.404. The number of carbonyl (C=O) groups is 2. The van der Waals surface area contributed by atoms with Crippen molar-refractivity contribution in [1.29, 1.82) is 5.26 Å². The number of ether oxygens (including phenoxy) is 1. The second kappa shape index (κ2) is 10.4. The lowest BCUT2D eigenvalue weighted by Gasteiger charge is -2.15. The molecule has 0 aliphatic rings. The van der Waals surface area contributed by atoms with Crippen LogP contribution >= 0.6 is 11.6 Å². The van der Waals surface area contributed by atoms with Gasteiger partial charge < -0.3 is 10.1 Å². The molecule has 0 saturated carbocycles. The molecular weight excluding hydrogens is 388 g/mol. The van der Waals surface area contributed by atoms with Crippen LogP contribution < -0.4 is 5.32 Å². The van der Waals surface area contributed by atoms with Gasteiger partial charge in [-0.2, -0.15) is 5.26 Å². The summed E-state index contributed by atoms with van der Waals surface area (Å²) in [7, 11) is 0. The zero-order chi connectivity index (χ0) is 21.4. The van der Waals surface area contributed by atoms with Gasteiger partial charge in [-0.25, -0.2) is 4.79 Å². The normalized spacial score (nSPS) is 12.2. The molecule has 2 aromatic carbocycles. The van der Waals surface area contributed by atoms with E-state index in [1.807, 2.05) is 36.4 Å². The molecule has 1 amide bonds. The minimum Gasteiger partial charge on any atom is -0.451 e. The molecule has 1 N–H and O–H groups in total. The van der Waals surface area contributed by atoms with Gasteiger partial charge in [0.15, 0.2) is 6.61 Å². The number of benzene rings is 2. The van der Waals surface area contributed by atoms with Crippen molar-refractivity contribution in [1.82, 2.24) is 5.32 Å². The van der Waals surface area contributed by atoms with Crippen LogP contribution in [0, 0.1) is 11.3 Å². The number of hydrogen-bond acceptors (Lipinski definition) is 4. The van der Waals surface area contributed by atoms with Gasteiger partial charge in [0.1, 0.15) is 11.6 Å². The van der Waals surface area contributed by atoms with Gasteiger partial charge in [-0.05, 0) is 41.7 Å². The molecule has 0 bridgehead atoms. The molecule has 2 aromatic rings. The second-order valence-corrected chi connectivity index (χ2v) is 7.29. The maximum Gasteiger partial charge on any atom is 0.349 e. The molecular formula is C23H23ClN2O3. The number of nitrogens with zero attached hydrogens (tertiary/aromatic N) is 1. The molecule has 0 aliphatic heterocycles. The molecule has 0 aromatic heterocycles. The average Bonchev–Trinajstić information content (AvgIpc) is 2.70. The first-order chi connectivity index (χ1) is 13.8. The Hall–Kier alpha value is -3.10. The second-order valence-electron chi connectivity index (χ2n) is 6.88. The van der Waals surface area contributed by atoms with E-state index in [4.69, 9.17) is 16.3 Å². The summed E-state index contributed by atoms with van der Waals surface area (Å²) < 4.78 is 4.98. The maximum absolute atomic E-state index is 12.2. The molecule has 150 valence electrons. The van der Waals surface area contributed by atoms with Gasteiger partial charge in [0, 0.05) is 5.02 Å². The first-order valence-corrected chi connectivity index (χ1v) is 9.62. The standard InChI is InChI=1S/C23H23ClN2O3/c1-15(2)18-10-8-17(9-11-18)12-19(13-25)23(28)29-14-22(27)26-16(3)20-6-4-5-7-21(20)24/h4-12,15-16H,14H2,1-3H3,(H,26,27)/b19-12+/t16-/m1/s1. The molecule has 0 fully saturated rings. The summed E-state index contributed by atoms with van der Waals surface area (Å²) >= 11 is 6.11. The topological polar surface area (TPSA) is 79.2 Å². The minimum absolute atomic E-state index is 0.172. The molecule has 1 atom stereocenters. The Morgan fingerprint density at radius 1 is 1.14 bits per heavy atom. The van der Waals surface area contributed by atoms with Crippen molar-refractivity contribution in [2.45, 2.75) is 32.7 Å². The highest BCUT2D eigenvalue weighted by atomic mass is 35.5. The summed E-state index contributed by atoms with van der Waals surface area (Å²) in [5.74, 6) is -0.939. The number of hydrogen-bond donors (Lipinski definition) is 1. The monoisotopic (exact) mass is 410 g/mol. The van der Waals surface area contributed by atoms with Crippen LogP contribution in [0.15, 0.2) is 54.1 Å². The number of nitrogens with one attached hydrogen (secondary N) is 1. The van der Waals surface area contributed by atoms with E-state index >= 15 is 0 Å². The SMILES string of the molecule is CC(C)c1ccc(/C=C(\C#N)C(=O)OCC(=O)N[C@H](C)c2ccccc2Cl)cc1. The van der Waals surface area contributed by atoms with E-state index in [9.17, 15) is 14.9 Å². The fourth-order valence-corrected chi connectivity index (χ4v) is 2.98. The van der Waals surface area contributed by atoms with Crippen LogP contribution in [0.1, 0.15) is 49.4 Å². The highest BCUT2D eigenvalue weighted by Crippen LogP contribution is 2.22. The highest BCUT2D eigenvalue weighted by Gasteiger charge is 2.16. The van der Waals surface area contributed by atoms with E-state index in [1.54, 1.807) is 25.1 Å². The van der Waals surface area contributed by atoms with Gasteiger partial charge in [-0.3, -0.25) is 4.79 Å². The first-order valence-electron chi connectivity index (χ1n) is 9.24. The molecule has 29 heavy (non-hydrogen) atoms. The van der Waals surface area contributed by atoms with E-state index < -0.39 is 18.5 Å². The van der Waals surface area contributed by atoms with Gasteiger partial charge in [0.2, 0.25) is 0 Å². The number of amides is 1. The summed E-state index contributed by atoms with van der Waals surface area (Å²) in [5, 5.41) is 12.5. The Morgan fingerprint density at radius 2 is 1.79 bits per heavy atom. The lowest BCUT2D eigenvalue weighted by Crippen LogP contribution is -2.31. The van der Waals surface area contributed by atoms with Crippen LogP contribution in [0.3, 0.4) is 0 Å². The number of halogens is 1. The van der Waals surface area contributed by atoms with Crippen molar-refractivity contribution in [3.63, 3.8) is 0 Å². The largest absolute Gasteiger partial charge is 0.451 e. The lowest BCUT2D eigenvalue weighted by atomic mass is 10.0. The van der Waals surface area contributed by atoms with Crippen LogP contribution in [0.2, 0.25) is 5.02 Å². The summed E-state index contributed by atoms with van der Waals surface area (Å²) in [6, 6.07) is 16.2. The van der Waals surface area contributed by atoms with Gasteiger partial charge in [0.05, 0.1) is 6.04 Å². The van der Waals surface area contributed by atoms with Crippen LogP contribution in [0.25, 0.3) is 6.08 Å². The molecule has 0 radical (unpaired) electrons. The summed E-state index contributed by atoms with van der Waals surface area (Å²) in [6.07, 6.45) is 1.44. The summed E-state index contributed by atoms with van der Waals surface area (Å²) in [5.41, 5.74) is 2.46. The van der Waals surface area contributed by atoms with Crippen molar-refractivity contribution in [3.05, 3.63) is 75.8 Å². The van der Waals surface area contributed by atoms with Gasteiger partial charge in [0.25, 0.3) is 5.91 Å². The van der Waals surface area contributed by atoms with E-state index in [1.165, 1.54) is 6.08 Å². The zero-order valence-corrected chi connectivity index (χ0v) is 17.4. The van der Waals surface area contributed by atoms with Crippen LogP contribution in [-0.4, -0.2) is 18.5 Å². The van der Waals surface area contributed by atoms with Crippen molar-refractivity contribution in [2.24, 2.45) is 0 Å². The fraction of sp³-hybridized carbons (Fsp3) is 0.261. The predicted octanol–water partition coefficient (Wildman–Crippen LogP) is 4.79. The third-order valence-electron chi connectivity index (χ3n) is 4.34. The molecule has 0 heterocycles. The molecule has 0 saturated heterocycles. The van der Waals surface area contributed by atoms with Gasteiger partial charge >= 0.3 is 5.97 Å². The number of esters is 1. The summed E-state index contributed by atoms with van der Waals surface area (Å²) in [4.78, 5) is 24.2. The van der Waals surface area contributed by atoms with Gasteiger partial charge in [-0.15, -0.1) is 0 Å². The first kappa shape index (κ1) is 22.2. The maximum atomic E-state index is 12.2. The Kier molecular flexibility index (Phi) is 7.99. The van der Waals surface area contributed by atoms with Crippen molar-refractivity contribution < 1.29 is 14.3 Å². The highest BCUT2D eigenvalue weighted by molar-refractivity contribution is 6.31. The third kappa shape index (κ3) is 6.48. The third-order valence-corrected chi connectivity index (χ3v) is 4.68. The molecule has 0 spiro atoms. The van der Waals surface area contributed by atoms with Crippen LogP contribution in [0.4, 0.5) is 0 Å². The van der Waals surface area contributed by atoms with Gasteiger partial charge in [-0.1, -0.05) is 67.9 Å². The van der Waals surface area contributed by atoms with Crippen LogP contribution in [0.5, 0.6) is 0 Å². The number of nitriles is 1. The minimum atomic E-state index is -0.846. The summed E-state index contributed by atoms with van der Waals surface area (Å²) in [6.45, 7) is 5.46. The fourth-order valence-electron chi connectivity index (χ4n) is 2.68. The molecule has 5 nitrogen and oxygen atoms in total. The smallest absolute Gasteiger partial charge is 0.349 e. The number of carbonyl (C=O) groups excluding carboxylic acids is 2. The van der Waals surface area contributed by atoms with E-state index in [0.717, 1.165) is 11.1 Å². The Bertz CT molecular complexity index is 943. The Balaban J connectivity index is 1.94. The van der Waals surface area contributed by atoms with Crippen molar-refractivity contribution in [2.75, 3.05) is 6.61 Å². The molecule has 0 aliphatic carbocycles. The van der Waals surface area contributed by atoms with E-state index in [2.05, 4.69) is 19.2 Å². The Labute approximate surface area is 175 Å². The number of rotatable bonds is 7.